The second-order valence-corrected chi connectivity index (χ2v) is 8.60. The van der Waals surface area contributed by atoms with Crippen LogP contribution in [-0.4, -0.2) is 0 Å². The molecule has 0 aromatic carbocycles. The molecular weight excluding hydrogens is 342 g/mol. The molecular formula is C15H20Cl2Zr. The molecule has 0 aliphatic heterocycles. The average molecular weight is 362 g/mol. The quantitative estimate of drug-likeness (QED) is 0.578. The Labute approximate surface area is 135 Å². The fourth-order valence-corrected chi connectivity index (χ4v) is 5.57. The topological polar surface area (TPSA) is 0 Å². The molecule has 0 aromatic rings. The molecule has 0 spiro atoms. The summed E-state index contributed by atoms with van der Waals surface area (Å²) in [6.45, 7) is 9.17. The molecule has 98 valence electrons. The first-order chi connectivity index (χ1) is 7.58. The SMILES string of the molecule is CC1=C(C)[C]([Zr+2][C]2=CC(C(C)C)=CC2)=CC1.[Cl-].[Cl-]. The van der Waals surface area contributed by atoms with Crippen molar-refractivity contribution in [3.63, 3.8) is 0 Å². The predicted molar refractivity (Wildman–Crippen MR) is 66.7 cm³/mol. The number of allylic oxidation sites excluding steroid dienone is 8. The van der Waals surface area contributed by atoms with Gasteiger partial charge in [0, 0.05) is 0 Å². The zero-order valence-electron chi connectivity index (χ0n) is 11.5. The van der Waals surface area contributed by atoms with E-state index in [2.05, 4.69) is 45.9 Å². The molecule has 0 amide bonds. The van der Waals surface area contributed by atoms with Crippen molar-refractivity contribution in [3.05, 3.63) is 41.5 Å². The van der Waals surface area contributed by atoms with E-state index in [4.69, 9.17) is 0 Å². The van der Waals surface area contributed by atoms with Gasteiger partial charge in [0.25, 0.3) is 0 Å². The van der Waals surface area contributed by atoms with Crippen LogP contribution in [0.4, 0.5) is 0 Å². The third-order valence-corrected chi connectivity index (χ3v) is 7.25. The molecule has 0 aromatic heterocycles. The van der Waals surface area contributed by atoms with Gasteiger partial charge in [-0.15, -0.1) is 0 Å². The number of halogens is 2. The Morgan fingerprint density at radius 2 is 1.72 bits per heavy atom. The molecule has 3 heteroatoms. The fraction of sp³-hybridized carbons (Fsp3) is 0.467. The van der Waals surface area contributed by atoms with E-state index >= 15 is 0 Å². The van der Waals surface area contributed by atoms with E-state index in [0.717, 1.165) is 0 Å². The summed E-state index contributed by atoms with van der Waals surface area (Å²) in [7, 11) is 0. The molecule has 2 rings (SSSR count). The van der Waals surface area contributed by atoms with Crippen LogP contribution in [0.1, 0.15) is 40.5 Å². The van der Waals surface area contributed by atoms with Crippen LogP contribution < -0.4 is 24.8 Å². The summed E-state index contributed by atoms with van der Waals surface area (Å²) in [6.07, 6.45) is 9.84. The number of rotatable bonds is 3. The van der Waals surface area contributed by atoms with Gasteiger partial charge in [0.15, 0.2) is 0 Å². The van der Waals surface area contributed by atoms with Gasteiger partial charge in [0.05, 0.1) is 0 Å². The van der Waals surface area contributed by atoms with Gasteiger partial charge in [-0.05, 0) is 0 Å². The van der Waals surface area contributed by atoms with Gasteiger partial charge in [-0.25, -0.2) is 0 Å². The van der Waals surface area contributed by atoms with Crippen molar-refractivity contribution in [1.82, 2.24) is 0 Å². The minimum Gasteiger partial charge on any atom is -1.00 e. The van der Waals surface area contributed by atoms with Gasteiger partial charge in [0.2, 0.25) is 0 Å². The second kappa shape index (κ2) is 7.88. The first-order valence-corrected chi connectivity index (χ1v) is 8.58. The van der Waals surface area contributed by atoms with Crippen molar-refractivity contribution in [2.24, 2.45) is 5.92 Å². The Bertz CT molecular complexity index is 426. The molecule has 0 unspecified atom stereocenters. The molecule has 0 heterocycles. The van der Waals surface area contributed by atoms with Crippen LogP contribution >= 0.6 is 0 Å². The number of hydrogen-bond acceptors (Lipinski definition) is 0. The average Bonchev–Trinajstić information content (AvgIpc) is 2.81. The Hall–Kier alpha value is 0.423. The predicted octanol–water partition coefficient (Wildman–Crippen LogP) is -1.43. The Morgan fingerprint density at radius 1 is 1.06 bits per heavy atom. The maximum Gasteiger partial charge on any atom is -1.00 e. The summed E-state index contributed by atoms with van der Waals surface area (Å²) >= 11 is -0.464. The first-order valence-electron chi connectivity index (χ1n) is 6.12. The molecule has 2 aliphatic rings. The summed E-state index contributed by atoms with van der Waals surface area (Å²) in [5.41, 5.74) is 4.75. The molecule has 0 nitrogen and oxygen atoms in total. The van der Waals surface area contributed by atoms with E-state index in [9.17, 15) is 0 Å². The monoisotopic (exact) mass is 360 g/mol. The van der Waals surface area contributed by atoms with Gasteiger partial charge in [-0.2, -0.15) is 0 Å². The van der Waals surface area contributed by atoms with Gasteiger partial charge in [-0.1, -0.05) is 0 Å². The van der Waals surface area contributed by atoms with E-state index in [-0.39, 0.29) is 24.8 Å². The third-order valence-electron chi connectivity index (χ3n) is 3.52. The molecule has 0 fully saturated rings. The summed E-state index contributed by atoms with van der Waals surface area (Å²) in [6, 6.07) is 0. The molecule has 0 saturated carbocycles. The zero-order valence-corrected chi connectivity index (χ0v) is 15.4. The van der Waals surface area contributed by atoms with Crippen molar-refractivity contribution in [2.45, 2.75) is 40.5 Å². The van der Waals surface area contributed by atoms with Crippen molar-refractivity contribution >= 4 is 0 Å². The van der Waals surface area contributed by atoms with Crippen molar-refractivity contribution in [2.75, 3.05) is 0 Å². The minimum absolute atomic E-state index is 0. The minimum atomic E-state index is -0.464. The van der Waals surface area contributed by atoms with Crippen LogP contribution in [0.3, 0.4) is 0 Å². The van der Waals surface area contributed by atoms with Crippen molar-refractivity contribution in [1.29, 1.82) is 0 Å². The summed E-state index contributed by atoms with van der Waals surface area (Å²) in [5, 5.41) is 0. The van der Waals surface area contributed by atoms with Gasteiger partial charge < -0.3 is 24.8 Å². The van der Waals surface area contributed by atoms with Crippen LogP contribution in [0, 0.1) is 5.92 Å². The van der Waals surface area contributed by atoms with E-state index in [0.29, 0.717) is 5.92 Å². The van der Waals surface area contributed by atoms with E-state index in [1.54, 1.807) is 23.3 Å². The molecule has 0 bridgehead atoms. The van der Waals surface area contributed by atoms with Gasteiger partial charge in [0.1, 0.15) is 0 Å². The van der Waals surface area contributed by atoms with Crippen LogP contribution in [-0.2, 0) is 23.2 Å². The maximum absolute atomic E-state index is 2.48. The molecule has 0 atom stereocenters. The van der Waals surface area contributed by atoms with E-state index < -0.39 is 23.2 Å². The van der Waals surface area contributed by atoms with E-state index in [1.807, 2.05) is 0 Å². The molecule has 2 aliphatic carbocycles. The summed E-state index contributed by atoms with van der Waals surface area (Å²) in [4.78, 5) is 0. The van der Waals surface area contributed by atoms with Crippen molar-refractivity contribution in [3.8, 4) is 0 Å². The maximum atomic E-state index is 2.48. The molecule has 18 heavy (non-hydrogen) atoms. The Kier molecular flexibility index (Phi) is 8.06. The van der Waals surface area contributed by atoms with Crippen LogP contribution in [0.5, 0.6) is 0 Å². The largest absolute Gasteiger partial charge is 1.00 e. The van der Waals surface area contributed by atoms with Gasteiger partial charge in [-0.3, -0.25) is 0 Å². The van der Waals surface area contributed by atoms with Crippen molar-refractivity contribution < 1.29 is 48.0 Å². The van der Waals surface area contributed by atoms with Crippen LogP contribution in [0.25, 0.3) is 0 Å². The molecule has 0 saturated heterocycles. The molecule has 0 N–H and O–H groups in total. The fourth-order valence-electron chi connectivity index (χ4n) is 2.15. The Morgan fingerprint density at radius 3 is 2.17 bits per heavy atom. The van der Waals surface area contributed by atoms with Crippen LogP contribution in [0.15, 0.2) is 41.5 Å². The smallest absolute Gasteiger partial charge is 1.00 e. The zero-order chi connectivity index (χ0) is 11.7. The normalized spacial score (nSPS) is 17.7. The summed E-state index contributed by atoms with van der Waals surface area (Å²) in [5.74, 6) is 0.702. The van der Waals surface area contributed by atoms with Gasteiger partial charge >= 0.3 is 111 Å². The van der Waals surface area contributed by atoms with Crippen LogP contribution in [0.2, 0.25) is 0 Å². The standard InChI is InChI=1S/C8H11.C7H9.2ClH.Zr/c1-7(2)8-5-3-4-6-8;1-6-4-3-5-7(6)2;;;/h5-7H,3H2,1-2H3;3H,4H2,1-2H3;2*1H;/q;;;;+2/p-2. The second-order valence-electron chi connectivity index (χ2n) is 5.08. The van der Waals surface area contributed by atoms with E-state index in [1.165, 1.54) is 12.8 Å². The third kappa shape index (κ3) is 4.22. The molecule has 0 radical (unpaired) electrons. The number of hydrogen-bond donors (Lipinski definition) is 0. The summed E-state index contributed by atoms with van der Waals surface area (Å²) < 4.78 is 3.48. The Balaban J connectivity index is 0.00000144. The first kappa shape index (κ1) is 18.4.